The first-order valence-electron chi connectivity index (χ1n) is 7.38. The lowest BCUT2D eigenvalue weighted by molar-refractivity contribution is 0.102. The Bertz CT molecular complexity index is 1250. The van der Waals surface area contributed by atoms with E-state index in [-0.39, 0.29) is 16.9 Å². The van der Waals surface area contributed by atoms with Gasteiger partial charge in [-0.05, 0) is 24.3 Å². The zero-order valence-corrected chi connectivity index (χ0v) is 12.7. The number of H-pyrrole nitrogens is 2. The number of aromatic amines is 2. The summed E-state index contributed by atoms with van der Waals surface area (Å²) in [6.45, 7) is 0. The molecule has 8 heteroatoms. The minimum atomic E-state index is -0.820. The van der Waals surface area contributed by atoms with Gasteiger partial charge in [0.05, 0.1) is 16.6 Å². The van der Waals surface area contributed by atoms with E-state index in [0.29, 0.717) is 10.9 Å². The summed E-state index contributed by atoms with van der Waals surface area (Å²) in [5, 5.41) is 5.04. The molecule has 2 heterocycles. The first kappa shape index (κ1) is 14.9. The molecule has 25 heavy (non-hydrogen) atoms. The maximum Gasteiger partial charge on any atom is 0.280 e. The summed E-state index contributed by atoms with van der Waals surface area (Å²) in [4.78, 5) is 40.0. The number of rotatable bonds is 2. The Morgan fingerprint density at radius 2 is 1.76 bits per heavy atom. The minimum absolute atomic E-state index is 0.0162. The molecule has 4 rings (SSSR count). The normalized spacial score (nSPS) is 11.1. The van der Waals surface area contributed by atoms with Gasteiger partial charge in [-0.3, -0.25) is 19.5 Å². The summed E-state index contributed by atoms with van der Waals surface area (Å²) in [5.41, 5.74) is -1.08. The third-order valence-electron chi connectivity index (χ3n) is 3.86. The number of nitrogens with one attached hydrogen (secondary N) is 3. The van der Waals surface area contributed by atoms with Crippen LogP contribution in [0.15, 0.2) is 58.1 Å². The van der Waals surface area contributed by atoms with Crippen molar-refractivity contribution in [2.75, 3.05) is 5.32 Å². The number of hydrogen-bond acceptors (Lipinski definition) is 3. The molecule has 0 bridgehead atoms. The lowest BCUT2D eigenvalue weighted by Crippen LogP contribution is -2.20. The summed E-state index contributed by atoms with van der Waals surface area (Å²) < 4.78 is 14.7. The van der Waals surface area contributed by atoms with Crippen molar-refractivity contribution in [3.05, 3.63) is 80.6 Å². The minimum Gasteiger partial charge on any atom is -0.339 e. The smallest absolute Gasteiger partial charge is 0.280 e. The highest BCUT2D eigenvalue weighted by atomic mass is 19.1. The van der Waals surface area contributed by atoms with E-state index in [4.69, 9.17) is 0 Å². The zero-order valence-electron chi connectivity index (χ0n) is 12.7. The van der Waals surface area contributed by atoms with Crippen molar-refractivity contribution in [2.45, 2.75) is 0 Å². The number of hydrogen-bond donors (Lipinski definition) is 3. The number of carbonyl (C=O) groups excluding carboxylic acids is 1. The maximum atomic E-state index is 13.7. The fourth-order valence-corrected chi connectivity index (χ4v) is 2.69. The van der Waals surface area contributed by atoms with E-state index in [0.717, 1.165) is 4.52 Å². The fraction of sp³-hybridized carbons (Fsp3) is 0. The van der Waals surface area contributed by atoms with Gasteiger partial charge in [0.2, 0.25) is 0 Å². The van der Waals surface area contributed by atoms with Gasteiger partial charge in [-0.25, -0.2) is 4.39 Å². The number of para-hydroxylation sites is 2. The van der Waals surface area contributed by atoms with Crippen molar-refractivity contribution < 1.29 is 9.18 Å². The standard InChI is InChI=1S/C17H11FN4O3/c18-10-6-2-4-8-12(10)20-15(23)13-14-19-11-7-3-1-5-9(11)17(25)22(14)21-16(13)24/h1-8,19H,(H,20,23)(H,21,24). The van der Waals surface area contributed by atoms with Crippen LogP contribution in [0.1, 0.15) is 10.4 Å². The third-order valence-corrected chi connectivity index (χ3v) is 3.86. The van der Waals surface area contributed by atoms with Crippen LogP contribution in [0, 0.1) is 5.82 Å². The van der Waals surface area contributed by atoms with E-state index in [1.54, 1.807) is 30.3 Å². The molecule has 0 saturated heterocycles. The van der Waals surface area contributed by atoms with Gasteiger partial charge < -0.3 is 10.3 Å². The summed E-state index contributed by atoms with van der Waals surface area (Å²) in [6.07, 6.45) is 0. The first-order chi connectivity index (χ1) is 12.1. The molecule has 0 spiro atoms. The average Bonchev–Trinajstić information content (AvgIpc) is 2.93. The summed E-state index contributed by atoms with van der Waals surface area (Å²) in [5.74, 6) is -1.45. The van der Waals surface area contributed by atoms with E-state index in [1.807, 2.05) is 0 Å². The third kappa shape index (κ3) is 2.31. The van der Waals surface area contributed by atoms with E-state index in [9.17, 15) is 18.8 Å². The van der Waals surface area contributed by atoms with Gasteiger partial charge in [-0.15, -0.1) is 0 Å². The van der Waals surface area contributed by atoms with Gasteiger partial charge in [0, 0.05) is 0 Å². The largest absolute Gasteiger partial charge is 0.339 e. The van der Waals surface area contributed by atoms with Crippen LogP contribution in [0.4, 0.5) is 10.1 Å². The van der Waals surface area contributed by atoms with Crippen LogP contribution in [-0.2, 0) is 0 Å². The Morgan fingerprint density at radius 3 is 2.56 bits per heavy atom. The van der Waals surface area contributed by atoms with Crippen LogP contribution >= 0.6 is 0 Å². The molecule has 0 aliphatic heterocycles. The van der Waals surface area contributed by atoms with E-state index in [2.05, 4.69) is 15.4 Å². The summed E-state index contributed by atoms with van der Waals surface area (Å²) >= 11 is 0. The predicted molar refractivity (Wildman–Crippen MR) is 90.5 cm³/mol. The van der Waals surface area contributed by atoms with Gasteiger partial charge in [-0.2, -0.15) is 4.52 Å². The number of nitrogens with zero attached hydrogens (tertiary/aromatic N) is 1. The number of aromatic nitrogens is 3. The van der Waals surface area contributed by atoms with Crippen molar-refractivity contribution in [1.82, 2.24) is 14.6 Å². The number of fused-ring (bicyclic) bond motifs is 2. The second kappa shape index (κ2) is 5.45. The van der Waals surface area contributed by atoms with Crippen LogP contribution in [0.3, 0.4) is 0 Å². The molecule has 1 amide bonds. The molecule has 124 valence electrons. The summed E-state index contributed by atoms with van der Waals surface area (Å²) in [6, 6.07) is 12.3. The van der Waals surface area contributed by atoms with Gasteiger partial charge in [0.1, 0.15) is 11.4 Å². The Morgan fingerprint density at radius 1 is 1.04 bits per heavy atom. The highest BCUT2D eigenvalue weighted by Crippen LogP contribution is 2.15. The number of carbonyl (C=O) groups is 1. The molecule has 0 saturated carbocycles. The molecule has 0 radical (unpaired) electrons. The molecule has 0 unspecified atom stereocenters. The first-order valence-corrected chi connectivity index (χ1v) is 7.38. The zero-order chi connectivity index (χ0) is 17.6. The van der Waals surface area contributed by atoms with Crippen LogP contribution < -0.4 is 16.4 Å². The summed E-state index contributed by atoms with van der Waals surface area (Å²) in [7, 11) is 0. The molecule has 2 aromatic carbocycles. The van der Waals surface area contributed by atoms with Crippen molar-refractivity contribution in [3.63, 3.8) is 0 Å². The van der Waals surface area contributed by atoms with Gasteiger partial charge in [-0.1, -0.05) is 24.3 Å². The molecule has 7 nitrogen and oxygen atoms in total. The fourth-order valence-electron chi connectivity index (χ4n) is 2.69. The molecule has 0 atom stereocenters. The van der Waals surface area contributed by atoms with Crippen LogP contribution in [0.2, 0.25) is 0 Å². The monoisotopic (exact) mass is 338 g/mol. The second-order valence-electron chi connectivity index (χ2n) is 5.41. The molecule has 2 aromatic heterocycles. The van der Waals surface area contributed by atoms with Crippen LogP contribution in [-0.4, -0.2) is 20.5 Å². The molecule has 3 N–H and O–H groups in total. The van der Waals surface area contributed by atoms with Crippen molar-refractivity contribution in [2.24, 2.45) is 0 Å². The second-order valence-corrected chi connectivity index (χ2v) is 5.41. The van der Waals surface area contributed by atoms with Crippen molar-refractivity contribution in [1.29, 1.82) is 0 Å². The quantitative estimate of drug-likeness (QED) is 0.520. The predicted octanol–water partition coefficient (Wildman–Crippen LogP) is 1.86. The number of amides is 1. The molecule has 0 fully saturated rings. The van der Waals surface area contributed by atoms with E-state index in [1.165, 1.54) is 18.2 Å². The van der Waals surface area contributed by atoms with Crippen molar-refractivity contribution in [3.8, 4) is 0 Å². The number of benzene rings is 2. The van der Waals surface area contributed by atoms with Crippen molar-refractivity contribution >= 4 is 28.1 Å². The van der Waals surface area contributed by atoms with Gasteiger partial charge in [0.25, 0.3) is 17.0 Å². The molecule has 4 aromatic rings. The van der Waals surface area contributed by atoms with Crippen LogP contribution in [0.25, 0.3) is 16.6 Å². The van der Waals surface area contributed by atoms with E-state index < -0.39 is 22.8 Å². The highest BCUT2D eigenvalue weighted by molar-refractivity contribution is 6.08. The molecular weight excluding hydrogens is 327 g/mol. The van der Waals surface area contributed by atoms with Crippen LogP contribution in [0.5, 0.6) is 0 Å². The number of anilines is 1. The lowest BCUT2D eigenvalue weighted by atomic mass is 10.2. The Kier molecular flexibility index (Phi) is 3.24. The Hall–Kier alpha value is -3.68. The topological polar surface area (TPSA) is 99.2 Å². The molecule has 0 aliphatic carbocycles. The van der Waals surface area contributed by atoms with Gasteiger partial charge >= 0.3 is 0 Å². The average molecular weight is 338 g/mol. The SMILES string of the molecule is O=C(Nc1ccccc1F)c1c(=O)[nH]n2c(=O)c3ccccc3[nH]c12. The Balaban J connectivity index is 1.91. The van der Waals surface area contributed by atoms with Gasteiger partial charge in [0.15, 0.2) is 5.65 Å². The Labute approximate surface area is 138 Å². The maximum absolute atomic E-state index is 13.7. The lowest BCUT2D eigenvalue weighted by Gasteiger charge is -2.05. The molecular formula is C17H11FN4O3. The number of halogens is 1. The molecule has 0 aliphatic rings. The van der Waals surface area contributed by atoms with E-state index >= 15 is 0 Å². The highest BCUT2D eigenvalue weighted by Gasteiger charge is 2.21.